The topological polar surface area (TPSA) is 176 Å². The van der Waals surface area contributed by atoms with E-state index in [0.29, 0.717) is 23.5 Å². The molecular weight excluding hydrogens is 444 g/mol. The number of hydrogen-bond acceptors (Lipinski definition) is 11. The number of methoxy groups -OCH3 is 1. The molecule has 34 heavy (non-hydrogen) atoms. The molecule has 0 bridgehead atoms. The van der Waals surface area contributed by atoms with Gasteiger partial charge in [0.2, 0.25) is 11.6 Å². The molecule has 2 aromatic carbocycles. The predicted molar refractivity (Wildman–Crippen MR) is 120 cm³/mol. The lowest BCUT2D eigenvalue weighted by molar-refractivity contribution is 0.0950. The van der Waals surface area contributed by atoms with Crippen LogP contribution in [0.15, 0.2) is 52.2 Å². The summed E-state index contributed by atoms with van der Waals surface area (Å²) in [6, 6.07) is 11.6. The van der Waals surface area contributed by atoms with E-state index in [2.05, 4.69) is 35.8 Å². The summed E-state index contributed by atoms with van der Waals surface area (Å²) in [4.78, 5) is 13.0. The van der Waals surface area contributed by atoms with Crippen molar-refractivity contribution < 1.29 is 24.0 Å². The van der Waals surface area contributed by atoms with Gasteiger partial charge >= 0.3 is 0 Å². The molecule has 1 amide bonds. The quantitative estimate of drug-likeness (QED) is 0.257. The first-order valence-electron chi connectivity index (χ1n) is 9.99. The molecule has 174 valence electrons. The average Bonchev–Trinajstić information content (AvgIpc) is 3.46. The van der Waals surface area contributed by atoms with Crippen LogP contribution in [0, 0.1) is 0 Å². The number of carbonyl (C=O) groups is 1. The summed E-state index contributed by atoms with van der Waals surface area (Å²) in [6.45, 7) is 2.33. The van der Waals surface area contributed by atoms with E-state index < -0.39 is 5.91 Å². The van der Waals surface area contributed by atoms with Gasteiger partial charge in [0.05, 0.1) is 19.9 Å². The van der Waals surface area contributed by atoms with Gasteiger partial charge in [-0.15, -0.1) is 5.10 Å². The van der Waals surface area contributed by atoms with Gasteiger partial charge in [-0.1, -0.05) is 17.3 Å². The number of rotatable bonds is 8. The Morgan fingerprint density at radius 1 is 1.29 bits per heavy atom. The third-order valence-electron chi connectivity index (χ3n) is 4.58. The standard InChI is InChI=1S/C21H20N8O5/c1-3-33-14-6-4-5-13(10-14)18-17(24-28-29(18)20-19(22)26-34-27-20)21(31)25-23-11-12-7-8-15(30)16(9-12)32-2/h4-11,30H,3H2,1-2H3,(H2,22,26)(H,25,31)/b23-11+. The van der Waals surface area contributed by atoms with Crippen LogP contribution in [0.5, 0.6) is 17.2 Å². The monoisotopic (exact) mass is 464 g/mol. The number of carbonyl (C=O) groups excluding carboxylic acids is 1. The fraction of sp³-hybridized carbons (Fsp3) is 0.143. The number of phenolic OH excluding ortho intramolecular Hbond substituents is 1. The second kappa shape index (κ2) is 9.68. The maximum Gasteiger partial charge on any atom is 0.294 e. The molecule has 0 spiro atoms. The molecule has 4 N–H and O–H groups in total. The molecule has 13 heteroatoms. The van der Waals surface area contributed by atoms with Crippen LogP contribution < -0.4 is 20.6 Å². The number of benzene rings is 2. The molecule has 0 saturated carbocycles. The third-order valence-corrected chi connectivity index (χ3v) is 4.58. The summed E-state index contributed by atoms with van der Waals surface area (Å²) >= 11 is 0. The van der Waals surface area contributed by atoms with E-state index in [1.807, 2.05) is 6.92 Å². The molecule has 2 heterocycles. The lowest BCUT2D eigenvalue weighted by Crippen LogP contribution is -2.19. The van der Waals surface area contributed by atoms with Gasteiger partial charge < -0.3 is 20.3 Å². The highest BCUT2D eigenvalue weighted by atomic mass is 16.6. The molecule has 0 aliphatic rings. The van der Waals surface area contributed by atoms with Crippen LogP contribution >= 0.6 is 0 Å². The van der Waals surface area contributed by atoms with Crippen molar-refractivity contribution in [1.29, 1.82) is 0 Å². The normalized spacial score (nSPS) is 11.0. The van der Waals surface area contributed by atoms with Crippen LogP contribution in [0.3, 0.4) is 0 Å². The van der Waals surface area contributed by atoms with Crippen molar-refractivity contribution in [2.24, 2.45) is 5.10 Å². The van der Waals surface area contributed by atoms with Crippen molar-refractivity contribution in [2.75, 3.05) is 19.5 Å². The van der Waals surface area contributed by atoms with Crippen LogP contribution in [0.1, 0.15) is 23.0 Å². The molecule has 0 unspecified atom stereocenters. The minimum Gasteiger partial charge on any atom is -0.504 e. The smallest absolute Gasteiger partial charge is 0.294 e. The molecular formula is C21H20N8O5. The van der Waals surface area contributed by atoms with Crippen LogP contribution in [0.2, 0.25) is 0 Å². The number of nitrogens with two attached hydrogens (primary N) is 1. The van der Waals surface area contributed by atoms with E-state index in [1.54, 1.807) is 36.4 Å². The number of nitrogens with zero attached hydrogens (tertiary/aromatic N) is 6. The van der Waals surface area contributed by atoms with Crippen molar-refractivity contribution in [3.8, 4) is 34.3 Å². The first-order chi connectivity index (χ1) is 16.5. The Morgan fingerprint density at radius 2 is 2.15 bits per heavy atom. The van der Waals surface area contributed by atoms with Crippen molar-refractivity contribution in [2.45, 2.75) is 6.92 Å². The number of anilines is 1. The van der Waals surface area contributed by atoms with E-state index >= 15 is 0 Å². The number of nitrogens with one attached hydrogen (secondary N) is 1. The first-order valence-corrected chi connectivity index (χ1v) is 9.99. The lowest BCUT2D eigenvalue weighted by Gasteiger charge is -2.08. The van der Waals surface area contributed by atoms with Crippen molar-refractivity contribution in [1.82, 2.24) is 30.7 Å². The summed E-state index contributed by atoms with van der Waals surface area (Å²) in [5, 5.41) is 29.0. The fourth-order valence-electron chi connectivity index (χ4n) is 3.07. The largest absolute Gasteiger partial charge is 0.504 e. The van der Waals surface area contributed by atoms with Gasteiger partial charge in [0, 0.05) is 5.56 Å². The Morgan fingerprint density at radius 3 is 2.88 bits per heavy atom. The molecule has 4 aromatic rings. The van der Waals surface area contributed by atoms with E-state index in [1.165, 1.54) is 24.1 Å². The molecule has 0 aliphatic heterocycles. The van der Waals surface area contributed by atoms with Crippen molar-refractivity contribution >= 4 is 17.9 Å². The Bertz CT molecular complexity index is 1350. The second-order valence-corrected chi connectivity index (χ2v) is 6.76. The summed E-state index contributed by atoms with van der Waals surface area (Å²) in [7, 11) is 1.43. The summed E-state index contributed by atoms with van der Waals surface area (Å²) in [6.07, 6.45) is 1.39. The van der Waals surface area contributed by atoms with Gasteiger partial charge in [-0.25, -0.2) is 10.1 Å². The minimum absolute atomic E-state index is 0.0131. The maximum atomic E-state index is 13.0. The Hall–Kier alpha value is -4.94. The van der Waals surface area contributed by atoms with Gasteiger partial charge in [0.15, 0.2) is 17.2 Å². The first kappa shape index (κ1) is 22.3. The Kier molecular flexibility index (Phi) is 6.34. The molecule has 0 saturated heterocycles. The fourth-order valence-corrected chi connectivity index (χ4v) is 3.07. The summed E-state index contributed by atoms with van der Waals surface area (Å²) < 4.78 is 16.6. The zero-order valence-corrected chi connectivity index (χ0v) is 18.2. The molecule has 0 radical (unpaired) electrons. The predicted octanol–water partition coefficient (Wildman–Crippen LogP) is 1.78. The minimum atomic E-state index is -0.639. The highest BCUT2D eigenvalue weighted by molar-refractivity contribution is 5.99. The van der Waals surface area contributed by atoms with Crippen LogP contribution in [0.4, 0.5) is 5.82 Å². The van der Waals surface area contributed by atoms with Crippen LogP contribution in [-0.4, -0.2) is 56.3 Å². The Balaban J connectivity index is 1.67. The zero-order valence-electron chi connectivity index (χ0n) is 18.2. The van der Waals surface area contributed by atoms with Crippen molar-refractivity contribution in [3.05, 3.63) is 53.7 Å². The Labute approximate surface area is 192 Å². The number of nitrogen functional groups attached to an aromatic ring is 1. The number of aromatic nitrogens is 5. The van der Waals surface area contributed by atoms with Gasteiger partial charge in [-0.05, 0) is 53.1 Å². The SMILES string of the molecule is CCOc1cccc(-c2c(C(=O)N/N=C/c3ccc(O)c(OC)c3)nnn2-c2nonc2N)c1. The molecule has 0 aliphatic carbocycles. The summed E-state index contributed by atoms with van der Waals surface area (Å²) in [5.41, 5.74) is 9.63. The van der Waals surface area contributed by atoms with Crippen molar-refractivity contribution in [3.63, 3.8) is 0 Å². The van der Waals surface area contributed by atoms with E-state index in [4.69, 9.17) is 15.2 Å². The number of hydrazone groups is 1. The molecule has 13 nitrogen and oxygen atoms in total. The molecule has 2 aromatic heterocycles. The average molecular weight is 464 g/mol. The van der Waals surface area contributed by atoms with E-state index in [-0.39, 0.29) is 34.5 Å². The van der Waals surface area contributed by atoms with Gasteiger partial charge in [-0.2, -0.15) is 9.78 Å². The van der Waals surface area contributed by atoms with Gasteiger partial charge in [0.25, 0.3) is 5.91 Å². The maximum absolute atomic E-state index is 13.0. The number of ether oxygens (including phenoxy) is 2. The van der Waals surface area contributed by atoms with Crippen LogP contribution in [0.25, 0.3) is 17.1 Å². The van der Waals surface area contributed by atoms with Gasteiger partial charge in [-0.3, -0.25) is 4.79 Å². The van der Waals surface area contributed by atoms with Gasteiger partial charge in [0.1, 0.15) is 11.4 Å². The number of hydrogen-bond donors (Lipinski definition) is 3. The zero-order chi connectivity index (χ0) is 24.1. The highest BCUT2D eigenvalue weighted by Gasteiger charge is 2.25. The highest BCUT2D eigenvalue weighted by Crippen LogP contribution is 2.29. The second-order valence-electron chi connectivity index (χ2n) is 6.76. The third kappa shape index (κ3) is 4.48. The lowest BCUT2D eigenvalue weighted by atomic mass is 10.1. The summed E-state index contributed by atoms with van der Waals surface area (Å²) in [5.74, 6) is 0.250. The van der Waals surface area contributed by atoms with E-state index in [0.717, 1.165) is 0 Å². The molecule has 4 rings (SSSR count). The number of aromatic hydroxyl groups is 1. The van der Waals surface area contributed by atoms with E-state index in [9.17, 15) is 9.90 Å². The van der Waals surface area contributed by atoms with Crippen LogP contribution in [-0.2, 0) is 0 Å². The number of phenols is 1. The molecule has 0 fully saturated rings. The molecule has 0 atom stereocenters. The number of amides is 1.